The molecule has 0 aromatic heterocycles. The molecule has 6 nitrogen and oxygen atoms in total. The van der Waals surface area contributed by atoms with Crippen LogP contribution in [0.2, 0.25) is 0 Å². The summed E-state index contributed by atoms with van der Waals surface area (Å²) in [6.45, 7) is 2.68. The van der Waals surface area contributed by atoms with Crippen LogP contribution in [0, 0.1) is 0 Å². The zero-order chi connectivity index (χ0) is 17.6. The molecular weight excluding hydrogens is 320 g/mol. The highest BCUT2D eigenvalue weighted by Crippen LogP contribution is 2.27. The minimum atomic E-state index is -0.577. The van der Waals surface area contributed by atoms with Crippen LogP contribution >= 0.6 is 0 Å². The Morgan fingerprint density at radius 1 is 1.08 bits per heavy atom. The van der Waals surface area contributed by atoms with Crippen molar-refractivity contribution in [2.45, 2.75) is 44.4 Å². The van der Waals surface area contributed by atoms with E-state index in [1.807, 2.05) is 30.3 Å². The third-order valence-electron chi connectivity index (χ3n) is 5.11. The summed E-state index contributed by atoms with van der Waals surface area (Å²) < 4.78 is 10.4. The van der Waals surface area contributed by atoms with Crippen molar-refractivity contribution in [2.24, 2.45) is 0 Å². The van der Waals surface area contributed by atoms with Crippen molar-refractivity contribution >= 4 is 12.1 Å². The number of rotatable bonds is 4. The fourth-order valence-corrected chi connectivity index (χ4v) is 3.82. The molecule has 0 bridgehead atoms. The summed E-state index contributed by atoms with van der Waals surface area (Å²) in [6, 6.07) is 8.99. The van der Waals surface area contributed by atoms with Gasteiger partial charge < -0.3 is 9.47 Å². The van der Waals surface area contributed by atoms with E-state index in [-0.39, 0.29) is 18.6 Å². The van der Waals surface area contributed by atoms with Crippen LogP contribution in [0.4, 0.5) is 4.79 Å². The molecule has 136 valence electrons. The topological polar surface area (TPSA) is 59.1 Å². The second-order valence-corrected chi connectivity index (χ2v) is 6.65. The molecule has 1 aromatic rings. The number of hydrogen-bond acceptors (Lipinski definition) is 5. The Balaban J connectivity index is 1.66. The number of methoxy groups -OCH3 is 1. The lowest BCUT2D eigenvalue weighted by molar-refractivity contribution is -0.147. The first kappa shape index (κ1) is 17.7. The fourth-order valence-electron chi connectivity index (χ4n) is 3.82. The zero-order valence-corrected chi connectivity index (χ0v) is 14.7. The monoisotopic (exact) mass is 346 g/mol. The second-order valence-electron chi connectivity index (χ2n) is 6.65. The number of amides is 1. The maximum absolute atomic E-state index is 12.6. The summed E-state index contributed by atoms with van der Waals surface area (Å²) in [5.74, 6) is -0.357. The maximum atomic E-state index is 12.6. The van der Waals surface area contributed by atoms with Gasteiger partial charge in [0.1, 0.15) is 12.6 Å². The van der Waals surface area contributed by atoms with E-state index in [0.29, 0.717) is 6.54 Å². The quantitative estimate of drug-likeness (QED) is 0.784. The van der Waals surface area contributed by atoms with Crippen molar-refractivity contribution in [2.75, 3.05) is 26.7 Å². The first-order chi connectivity index (χ1) is 12.2. The lowest BCUT2D eigenvalue weighted by Gasteiger charge is -2.35. The molecule has 0 unspecified atom stereocenters. The SMILES string of the molecule is COC(=O)[C@H]1[C@@H](N2CCCCC2)CCN1C(=O)OCc1ccccc1. The van der Waals surface area contributed by atoms with E-state index >= 15 is 0 Å². The van der Waals surface area contributed by atoms with Crippen molar-refractivity contribution in [1.82, 2.24) is 9.80 Å². The smallest absolute Gasteiger partial charge is 0.410 e. The number of likely N-dealkylation sites (tertiary alicyclic amines) is 2. The van der Waals surface area contributed by atoms with E-state index < -0.39 is 12.1 Å². The fraction of sp³-hybridized carbons (Fsp3) is 0.579. The molecule has 0 saturated carbocycles. The molecule has 1 aromatic carbocycles. The summed E-state index contributed by atoms with van der Waals surface area (Å²) in [7, 11) is 1.38. The molecule has 0 N–H and O–H groups in total. The van der Waals surface area contributed by atoms with Crippen molar-refractivity contribution in [3.8, 4) is 0 Å². The van der Waals surface area contributed by atoms with E-state index in [2.05, 4.69) is 4.90 Å². The number of esters is 1. The first-order valence-corrected chi connectivity index (χ1v) is 9.00. The van der Waals surface area contributed by atoms with Crippen LogP contribution in [0.1, 0.15) is 31.2 Å². The molecule has 2 saturated heterocycles. The summed E-state index contributed by atoms with van der Waals surface area (Å²) in [5.41, 5.74) is 0.928. The van der Waals surface area contributed by atoms with Crippen molar-refractivity contribution in [1.29, 1.82) is 0 Å². The zero-order valence-electron chi connectivity index (χ0n) is 14.7. The Morgan fingerprint density at radius 2 is 1.80 bits per heavy atom. The highest BCUT2D eigenvalue weighted by atomic mass is 16.6. The number of carbonyl (C=O) groups excluding carboxylic acids is 2. The van der Waals surface area contributed by atoms with Gasteiger partial charge in [0.15, 0.2) is 0 Å². The van der Waals surface area contributed by atoms with Crippen LogP contribution in [0.5, 0.6) is 0 Å². The molecule has 3 rings (SSSR count). The lowest BCUT2D eigenvalue weighted by Crippen LogP contribution is -2.52. The minimum Gasteiger partial charge on any atom is -0.467 e. The molecule has 1 amide bonds. The number of piperidine rings is 1. The molecule has 2 aliphatic rings. The first-order valence-electron chi connectivity index (χ1n) is 9.00. The molecule has 25 heavy (non-hydrogen) atoms. The minimum absolute atomic E-state index is 0.0250. The van der Waals surface area contributed by atoms with E-state index in [0.717, 1.165) is 37.9 Å². The molecule has 2 fully saturated rings. The molecule has 0 aliphatic carbocycles. The molecule has 2 atom stereocenters. The van der Waals surface area contributed by atoms with Gasteiger partial charge in [-0.2, -0.15) is 0 Å². The Bertz CT molecular complexity index is 586. The summed E-state index contributed by atoms with van der Waals surface area (Å²) in [4.78, 5) is 28.8. The molecule has 2 aliphatic heterocycles. The van der Waals surface area contributed by atoms with Crippen molar-refractivity contribution in [3.63, 3.8) is 0 Å². The van der Waals surface area contributed by atoms with E-state index in [4.69, 9.17) is 9.47 Å². The largest absolute Gasteiger partial charge is 0.467 e. The third-order valence-corrected chi connectivity index (χ3v) is 5.11. The summed E-state index contributed by atoms with van der Waals surface area (Å²) in [5, 5.41) is 0. The molecule has 2 heterocycles. The second kappa shape index (κ2) is 8.34. The maximum Gasteiger partial charge on any atom is 0.410 e. The van der Waals surface area contributed by atoms with Gasteiger partial charge in [-0.1, -0.05) is 36.8 Å². The molecular formula is C19H26N2O4. The van der Waals surface area contributed by atoms with Crippen molar-refractivity contribution in [3.05, 3.63) is 35.9 Å². The van der Waals surface area contributed by atoms with Gasteiger partial charge in [-0.15, -0.1) is 0 Å². The number of hydrogen-bond donors (Lipinski definition) is 0. The Morgan fingerprint density at radius 3 is 2.48 bits per heavy atom. The number of nitrogens with zero attached hydrogens (tertiary/aromatic N) is 2. The normalized spacial score (nSPS) is 24.1. The van der Waals surface area contributed by atoms with Crippen LogP contribution in [0.25, 0.3) is 0 Å². The molecule has 6 heteroatoms. The molecule has 0 spiro atoms. The van der Waals surface area contributed by atoms with Gasteiger partial charge in [0.05, 0.1) is 7.11 Å². The number of ether oxygens (including phenoxy) is 2. The van der Waals surface area contributed by atoms with Gasteiger partial charge in [0.2, 0.25) is 0 Å². The van der Waals surface area contributed by atoms with Crippen LogP contribution < -0.4 is 0 Å². The number of carbonyl (C=O) groups is 2. The Hall–Kier alpha value is -2.08. The predicted octanol–water partition coefficient (Wildman–Crippen LogP) is 2.42. The number of benzene rings is 1. The van der Waals surface area contributed by atoms with Gasteiger partial charge in [0.25, 0.3) is 0 Å². The van der Waals surface area contributed by atoms with E-state index in [1.165, 1.54) is 18.4 Å². The summed E-state index contributed by atoms with van der Waals surface area (Å²) >= 11 is 0. The van der Waals surface area contributed by atoms with Crippen molar-refractivity contribution < 1.29 is 19.1 Å². The average molecular weight is 346 g/mol. The standard InChI is InChI=1S/C19H26N2O4/c1-24-18(22)17-16(20-11-6-3-7-12-20)10-13-21(17)19(23)25-14-15-8-4-2-5-9-15/h2,4-5,8-9,16-17H,3,6-7,10-14H2,1H3/t16-,17+/m0/s1. The highest BCUT2D eigenvalue weighted by molar-refractivity contribution is 5.83. The predicted molar refractivity (Wildman–Crippen MR) is 93.0 cm³/mol. The highest BCUT2D eigenvalue weighted by Gasteiger charge is 2.46. The summed E-state index contributed by atoms with van der Waals surface area (Å²) in [6.07, 6.45) is 3.85. The average Bonchev–Trinajstić information content (AvgIpc) is 3.12. The van der Waals surface area contributed by atoms with Gasteiger partial charge >= 0.3 is 12.1 Å². The van der Waals surface area contributed by atoms with E-state index in [1.54, 1.807) is 0 Å². The molecule has 0 radical (unpaired) electrons. The van der Waals surface area contributed by atoms with Crippen LogP contribution in [0.15, 0.2) is 30.3 Å². The van der Waals surface area contributed by atoms with Gasteiger partial charge in [-0.3, -0.25) is 9.80 Å². The van der Waals surface area contributed by atoms with Crippen LogP contribution in [-0.2, 0) is 20.9 Å². The Labute approximate surface area is 148 Å². The lowest BCUT2D eigenvalue weighted by atomic mass is 10.0. The van der Waals surface area contributed by atoms with Crippen LogP contribution in [-0.4, -0.2) is 60.7 Å². The van der Waals surface area contributed by atoms with Gasteiger partial charge in [-0.05, 0) is 37.9 Å². The van der Waals surface area contributed by atoms with Crippen LogP contribution in [0.3, 0.4) is 0 Å². The van der Waals surface area contributed by atoms with E-state index in [9.17, 15) is 9.59 Å². The Kier molecular flexibility index (Phi) is 5.91. The third kappa shape index (κ3) is 4.12. The van der Waals surface area contributed by atoms with Gasteiger partial charge in [0, 0.05) is 12.6 Å². The van der Waals surface area contributed by atoms with Gasteiger partial charge in [-0.25, -0.2) is 9.59 Å².